The van der Waals surface area contributed by atoms with Gasteiger partial charge in [0, 0.05) is 14.1 Å². The monoisotopic (exact) mass is 261 g/mol. The summed E-state index contributed by atoms with van der Waals surface area (Å²) in [6.45, 7) is 1.89. The van der Waals surface area contributed by atoms with Crippen LogP contribution >= 0.6 is 0 Å². The first-order valence-corrected chi connectivity index (χ1v) is 6.76. The van der Waals surface area contributed by atoms with E-state index in [1.807, 2.05) is 0 Å². The number of ether oxygens (including phenoxy) is 1. The molecular formula is C9H15N3O4S. The quantitative estimate of drug-likeness (QED) is 0.712. The second-order valence-corrected chi connectivity index (χ2v) is 5.49. The highest BCUT2D eigenvalue weighted by molar-refractivity contribution is 7.92. The van der Waals surface area contributed by atoms with Crippen molar-refractivity contribution in [2.75, 3.05) is 24.2 Å². The van der Waals surface area contributed by atoms with E-state index in [9.17, 15) is 13.2 Å². The van der Waals surface area contributed by atoms with Crippen molar-refractivity contribution in [1.82, 2.24) is 9.55 Å². The van der Waals surface area contributed by atoms with Crippen molar-refractivity contribution in [2.45, 2.75) is 6.92 Å². The van der Waals surface area contributed by atoms with Gasteiger partial charge in [0.25, 0.3) is 0 Å². The summed E-state index contributed by atoms with van der Waals surface area (Å²) in [5, 5.41) is 0. The molecule has 0 aliphatic rings. The van der Waals surface area contributed by atoms with Gasteiger partial charge in [-0.1, -0.05) is 0 Å². The Morgan fingerprint density at radius 1 is 1.59 bits per heavy atom. The molecule has 1 aromatic heterocycles. The lowest BCUT2D eigenvalue weighted by Crippen LogP contribution is -2.27. The molecule has 1 aromatic rings. The molecule has 0 amide bonds. The minimum atomic E-state index is -3.46. The second kappa shape index (κ2) is 4.74. The van der Waals surface area contributed by atoms with Crippen LogP contribution < -0.4 is 4.31 Å². The number of nitrogens with zero attached hydrogens (tertiary/aromatic N) is 3. The first kappa shape index (κ1) is 13.5. The van der Waals surface area contributed by atoms with E-state index < -0.39 is 16.0 Å². The number of carbonyl (C=O) groups is 1. The smallest absolute Gasteiger partial charge is 0.358 e. The fourth-order valence-corrected chi connectivity index (χ4v) is 1.69. The van der Waals surface area contributed by atoms with Gasteiger partial charge in [0.1, 0.15) is 0 Å². The molecule has 1 rings (SSSR count). The van der Waals surface area contributed by atoms with Gasteiger partial charge in [-0.25, -0.2) is 18.2 Å². The third-order valence-corrected chi connectivity index (χ3v) is 3.35. The number of esters is 1. The average Bonchev–Trinajstić information content (AvgIpc) is 2.58. The highest BCUT2D eigenvalue weighted by atomic mass is 32.2. The van der Waals surface area contributed by atoms with Crippen LogP contribution in [0.1, 0.15) is 17.4 Å². The number of imidazole rings is 1. The largest absolute Gasteiger partial charge is 0.461 e. The van der Waals surface area contributed by atoms with E-state index >= 15 is 0 Å². The number of aryl methyl sites for hydroxylation is 1. The maximum absolute atomic E-state index is 11.7. The van der Waals surface area contributed by atoms with E-state index in [0.29, 0.717) is 0 Å². The van der Waals surface area contributed by atoms with Crippen molar-refractivity contribution < 1.29 is 17.9 Å². The summed E-state index contributed by atoms with van der Waals surface area (Å²) in [6, 6.07) is 0. The summed E-state index contributed by atoms with van der Waals surface area (Å²) in [4.78, 5) is 15.6. The lowest BCUT2D eigenvalue weighted by Gasteiger charge is -2.15. The van der Waals surface area contributed by atoms with Gasteiger partial charge in [0.15, 0.2) is 11.5 Å². The third kappa shape index (κ3) is 2.76. The summed E-state index contributed by atoms with van der Waals surface area (Å²) < 4.78 is 30.0. The normalized spacial score (nSPS) is 11.3. The molecule has 17 heavy (non-hydrogen) atoms. The van der Waals surface area contributed by atoms with Crippen molar-refractivity contribution >= 4 is 21.8 Å². The number of hydrogen-bond acceptors (Lipinski definition) is 5. The number of aromatic nitrogens is 2. The second-order valence-electron chi connectivity index (χ2n) is 3.48. The lowest BCUT2D eigenvalue weighted by molar-refractivity contribution is 0.0516. The number of sulfonamides is 1. The van der Waals surface area contributed by atoms with Crippen molar-refractivity contribution in [1.29, 1.82) is 0 Å². The molecular weight excluding hydrogens is 246 g/mol. The van der Waals surface area contributed by atoms with E-state index in [0.717, 1.165) is 10.6 Å². The molecule has 0 fully saturated rings. The van der Waals surface area contributed by atoms with Gasteiger partial charge in [-0.15, -0.1) is 0 Å². The van der Waals surface area contributed by atoms with Gasteiger partial charge in [-0.2, -0.15) is 0 Å². The Morgan fingerprint density at radius 2 is 2.18 bits per heavy atom. The van der Waals surface area contributed by atoms with Crippen LogP contribution in [0.15, 0.2) is 6.33 Å². The van der Waals surface area contributed by atoms with E-state index in [1.165, 1.54) is 17.9 Å². The maximum atomic E-state index is 11.7. The summed E-state index contributed by atoms with van der Waals surface area (Å²) in [7, 11) is -0.534. The molecule has 0 bridgehead atoms. The van der Waals surface area contributed by atoms with Crippen LogP contribution in [0.4, 0.5) is 5.82 Å². The molecule has 7 nitrogen and oxygen atoms in total. The van der Waals surface area contributed by atoms with Gasteiger partial charge in [0.05, 0.1) is 19.2 Å². The molecule has 0 saturated heterocycles. The third-order valence-electron chi connectivity index (χ3n) is 2.18. The van der Waals surface area contributed by atoms with Crippen LogP contribution in [-0.2, 0) is 21.8 Å². The maximum Gasteiger partial charge on any atom is 0.358 e. The Morgan fingerprint density at radius 3 is 2.65 bits per heavy atom. The molecule has 0 saturated carbocycles. The highest BCUT2D eigenvalue weighted by Gasteiger charge is 2.25. The first-order chi connectivity index (χ1) is 7.79. The van der Waals surface area contributed by atoms with Crippen LogP contribution in [0.3, 0.4) is 0 Å². The van der Waals surface area contributed by atoms with E-state index in [4.69, 9.17) is 4.74 Å². The van der Waals surface area contributed by atoms with E-state index in [-0.39, 0.29) is 18.1 Å². The SMILES string of the molecule is CCOC(=O)c1c(N(C)S(C)(=O)=O)ncn1C. The van der Waals surface area contributed by atoms with Gasteiger partial charge < -0.3 is 9.30 Å². The number of hydrogen-bond donors (Lipinski definition) is 0. The van der Waals surface area contributed by atoms with Crippen LogP contribution in [0.25, 0.3) is 0 Å². The number of anilines is 1. The predicted molar refractivity (Wildman–Crippen MR) is 62.4 cm³/mol. The van der Waals surface area contributed by atoms with Gasteiger partial charge in [-0.05, 0) is 6.92 Å². The molecule has 0 N–H and O–H groups in total. The fourth-order valence-electron chi connectivity index (χ4n) is 1.24. The van der Waals surface area contributed by atoms with Crippen LogP contribution in [0.2, 0.25) is 0 Å². The van der Waals surface area contributed by atoms with Crippen LogP contribution in [0, 0.1) is 0 Å². The van der Waals surface area contributed by atoms with E-state index in [1.54, 1.807) is 14.0 Å². The van der Waals surface area contributed by atoms with Gasteiger partial charge in [0.2, 0.25) is 10.0 Å². The molecule has 1 heterocycles. The Labute approximate surface area is 100 Å². The van der Waals surface area contributed by atoms with Crippen molar-refractivity contribution in [3.8, 4) is 0 Å². The molecule has 0 atom stereocenters. The lowest BCUT2D eigenvalue weighted by atomic mass is 10.4. The molecule has 8 heteroatoms. The fraction of sp³-hybridized carbons (Fsp3) is 0.556. The highest BCUT2D eigenvalue weighted by Crippen LogP contribution is 2.19. The predicted octanol–water partition coefficient (Wildman–Crippen LogP) is -0.00740. The van der Waals surface area contributed by atoms with E-state index in [2.05, 4.69) is 4.98 Å². The summed E-state index contributed by atoms with van der Waals surface area (Å²) in [5.74, 6) is -0.536. The molecule has 0 aliphatic carbocycles. The van der Waals surface area contributed by atoms with Crippen molar-refractivity contribution in [3.05, 3.63) is 12.0 Å². The zero-order valence-electron chi connectivity index (χ0n) is 10.2. The average molecular weight is 261 g/mol. The Bertz CT molecular complexity index is 520. The Hall–Kier alpha value is -1.57. The number of rotatable bonds is 4. The van der Waals surface area contributed by atoms with Crippen LogP contribution in [0.5, 0.6) is 0 Å². The molecule has 96 valence electrons. The first-order valence-electron chi connectivity index (χ1n) is 4.91. The molecule has 0 aliphatic heterocycles. The van der Waals surface area contributed by atoms with Crippen molar-refractivity contribution in [2.24, 2.45) is 7.05 Å². The Balaban J connectivity index is 3.23. The zero-order valence-corrected chi connectivity index (χ0v) is 11.0. The summed E-state index contributed by atoms with van der Waals surface area (Å²) in [5.41, 5.74) is 0.111. The van der Waals surface area contributed by atoms with Crippen molar-refractivity contribution in [3.63, 3.8) is 0 Å². The van der Waals surface area contributed by atoms with Crippen LogP contribution in [-0.4, -0.2) is 43.8 Å². The standard InChI is InChI=1S/C9H15N3O4S/c1-5-16-9(13)7-8(10-6-11(7)2)12(3)17(4,14)15/h6H,5H2,1-4H3. The Kier molecular flexibility index (Phi) is 3.76. The zero-order chi connectivity index (χ0) is 13.2. The molecule has 0 spiro atoms. The van der Waals surface area contributed by atoms with Gasteiger partial charge in [-0.3, -0.25) is 4.31 Å². The molecule has 0 aromatic carbocycles. The molecule has 0 radical (unpaired) electrons. The minimum absolute atomic E-state index is 0.0634. The molecule has 0 unspecified atom stereocenters. The summed E-state index contributed by atoms with van der Waals surface area (Å²) in [6.07, 6.45) is 2.40. The minimum Gasteiger partial charge on any atom is -0.461 e. The number of carbonyl (C=O) groups excluding carboxylic acids is 1. The van der Waals surface area contributed by atoms with Gasteiger partial charge >= 0.3 is 5.97 Å². The topological polar surface area (TPSA) is 81.5 Å². The summed E-state index contributed by atoms with van der Waals surface area (Å²) >= 11 is 0.